The van der Waals surface area contributed by atoms with Crippen molar-refractivity contribution in [2.75, 3.05) is 54.1 Å². The van der Waals surface area contributed by atoms with Crippen molar-refractivity contribution in [2.45, 2.75) is 238 Å². The van der Waals surface area contributed by atoms with Crippen molar-refractivity contribution >= 4 is 13.8 Å². The Hall–Kier alpha value is -1.54. The molecule has 0 rings (SSSR count). The van der Waals surface area contributed by atoms with Gasteiger partial charge in [0.05, 0.1) is 34.4 Å². The molecule has 0 aromatic rings. The number of unbranched alkanes of at least 4 members (excludes halogenated alkanes) is 27. The van der Waals surface area contributed by atoms with Gasteiger partial charge in [-0.15, -0.1) is 0 Å². The fourth-order valence-electron chi connectivity index (χ4n) is 7.36. The van der Waals surface area contributed by atoms with Gasteiger partial charge in [-0.1, -0.05) is 223 Å². The van der Waals surface area contributed by atoms with Gasteiger partial charge in [0, 0.05) is 13.0 Å². The number of quaternary nitrogens is 1. The first-order chi connectivity index (χ1) is 30.6. The van der Waals surface area contributed by atoms with Crippen LogP contribution in [-0.2, 0) is 27.9 Å². The lowest BCUT2D eigenvalue weighted by molar-refractivity contribution is -0.870. The molecule has 0 radical (unpaired) electrons. The predicted octanol–water partition coefficient (Wildman–Crippen LogP) is 15.7. The number of carbonyl (C=O) groups excluding carboxylic acids is 1. The van der Waals surface area contributed by atoms with E-state index in [0.717, 1.165) is 51.4 Å². The Labute approximate surface area is 390 Å². The van der Waals surface area contributed by atoms with Gasteiger partial charge in [-0.3, -0.25) is 9.36 Å². The summed E-state index contributed by atoms with van der Waals surface area (Å²) in [6.07, 6.45) is 58.8. The lowest BCUT2D eigenvalue weighted by atomic mass is 10.0. The second-order valence-electron chi connectivity index (χ2n) is 18.9. The number of phosphoric ester groups is 1. The molecule has 0 amide bonds. The number of ether oxygens (including phenoxy) is 2. The lowest BCUT2D eigenvalue weighted by Gasteiger charge is -2.28. The zero-order chi connectivity index (χ0) is 46.2. The molecule has 0 aliphatic heterocycles. The van der Waals surface area contributed by atoms with E-state index in [2.05, 4.69) is 62.5 Å². The normalized spacial score (nSPS) is 13.9. The third-order valence-corrected chi connectivity index (χ3v) is 12.4. The van der Waals surface area contributed by atoms with Gasteiger partial charge in [0.25, 0.3) is 7.82 Å². The summed E-state index contributed by atoms with van der Waals surface area (Å²) in [6, 6.07) is 0. The van der Waals surface area contributed by atoms with E-state index < -0.39 is 13.9 Å². The van der Waals surface area contributed by atoms with Gasteiger partial charge in [-0.2, -0.15) is 0 Å². The average molecular weight is 908 g/mol. The molecule has 0 aliphatic carbocycles. The molecule has 0 saturated carbocycles. The van der Waals surface area contributed by atoms with Crippen LogP contribution in [0.5, 0.6) is 0 Å². The van der Waals surface area contributed by atoms with E-state index in [0.29, 0.717) is 24.1 Å². The number of allylic oxidation sites excluding steroid dienone is 8. The molecule has 63 heavy (non-hydrogen) atoms. The zero-order valence-corrected chi connectivity index (χ0v) is 42.9. The van der Waals surface area contributed by atoms with Crippen molar-refractivity contribution in [1.29, 1.82) is 0 Å². The van der Waals surface area contributed by atoms with Crippen molar-refractivity contribution in [3.05, 3.63) is 48.6 Å². The monoisotopic (exact) mass is 908 g/mol. The summed E-state index contributed by atoms with van der Waals surface area (Å²) >= 11 is 0. The summed E-state index contributed by atoms with van der Waals surface area (Å²) in [7, 11) is 1.33. The van der Waals surface area contributed by atoms with Gasteiger partial charge in [-0.05, 0) is 51.4 Å². The Kier molecular flexibility index (Phi) is 45.8. The highest BCUT2D eigenvalue weighted by Crippen LogP contribution is 2.38. The fourth-order valence-corrected chi connectivity index (χ4v) is 8.09. The first kappa shape index (κ1) is 61.5. The van der Waals surface area contributed by atoms with Crippen molar-refractivity contribution in [2.24, 2.45) is 0 Å². The summed E-state index contributed by atoms with van der Waals surface area (Å²) in [4.78, 5) is 25.1. The Bertz CT molecular complexity index is 1150. The van der Waals surface area contributed by atoms with Crippen molar-refractivity contribution in [3.8, 4) is 0 Å². The number of nitrogens with zero attached hydrogens (tertiary/aromatic N) is 1. The third-order valence-electron chi connectivity index (χ3n) is 11.4. The van der Waals surface area contributed by atoms with Gasteiger partial charge in [0.1, 0.15) is 19.3 Å². The molecule has 2 unspecified atom stereocenters. The molecular weight excluding hydrogens is 806 g/mol. The molecule has 370 valence electrons. The van der Waals surface area contributed by atoms with E-state index in [4.69, 9.17) is 18.5 Å². The number of rotatable bonds is 49. The maximum Gasteiger partial charge on any atom is 0.306 e. The molecular formula is C54H102NO7P. The molecule has 0 fully saturated rings. The average Bonchev–Trinajstić information content (AvgIpc) is 3.24. The SMILES string of the molecule is CC/C=C\C/C=C\C/C=C\C/C=C\CCCCC(=O)OC(COCCCCCCCCCCCCCCCCCCCCCCCCCCCC)COP(=O)([O-])OCC[N+](C)(C)C. The highest BCUT2D eigenvalue weighted by Gasteiger charge is 2.20. The van der Waals surface area contributed by atoms with E-state index in [-0.39, 0.29) is 32.2 Å². The summed E-state index contributed by atoms with van der Waals surface area (Å²) in [5.41, 5.74) is 0. The number of phosphoric acid groups is 1. The molecule has 9 heteroatoms. The smallest absolute Gasteiger partial charge is 0.306 e. The Balaban J connectivity index is 4.06. The summed E-state index contributed by atoms with van der Waals surface area (Å²) in [5.74, 6) is -0.371. The fraction of sp³-hybridized carbons (Fsp3) is 0.833. The van der Waals surface area contributed by atoms with Crippen LogP contribution >= 0.6 is 7.82 Å². The van der Waals surface area contributed by atoms with Crippen LogP contribution in [0.2, 0.25) is 0 Å². The Morgan fingerprint density at radius 3 is 1.35 bits per heavy atom. The van der Waals surface area contributed by atoms with Crippen molar-refractivity contribution in [1.82, 2.24) is 0 Å². The van der Waals surface area contributed by atoms with Gasteiger partial charge in [-0.25, -0.2) is 0 Å². The number of hydrogen-bond acceptors (Lipinski definition) is 7. The quantitative estimate of drug-likeness (QED) is 0.0197. The van der Waals surface area contributed by atoms with Gasteiger partial charge in [0.15, 0.2) is 0 Å². The highest BCUT2D eigenvalue weighted by atomic mass is 31.2. The topological polar surface area (TPSA) is 94.1 Å². The summed E-state index contributed by atoms with van der Waals surface area (Å²) < 4.78 is 34.7. The number of hydrogen-bond donors (Lipinski definition) is 0. The molecule has 0 N–H and O–H groups in total. The van der Waals surface area contributed by atoms with Crippen LogP contribution in [0.15, 0.2) is 48.6 Å². The van der Waals surface area contributed by atoms with Gasteiger partial charge >= 0.3 is 5.97 Å². The molecule has 0 saturated heterocycles. The van der Waals surface area contributed by atoms with E-state index in [1.165, 1.54) is 154 Å². The minimum atomic E-state index is -4.54. The second kappa shape index (κ2) is 47.0. The lowest BCUT2D eigenvalue weighted by Crippen LogP contribution is -2.37. The van der Waals surface area contributed by atoms with Crippen LogP contribution in [0, 0.1) is 0 Å². The summed E-state index contributed by atoms with van der Waals surface area (Å²) in [5, 5.41) is 0. The Morgan fingerprint density at radius 2 is 0.921 bits per heavy atom. The van der Waals surface area contributed by atoms with E-state index in [1.807, 2.05) is 21.1 Å². The predicted molar refractivity (Wildman–Crippen MR) is 268 cm³/mol. The van der Waals surface area contributed by atoms with Crippen LogP contribution in [0.3, 0.4) is 0 Å². The molecule has 0 heterocycles. The molecule has 2 atom stereocenters. The minimum absolute atomic E-state index is 0.0180. The first-order valence-corrected chi connectivity index (χ1v) is 27.8. The molecule has 0 aromatic carbocycles. The van der Waals surface area contributed by atoms with Crippen LogP contribution < -0.4 is 4.89 Å². The largest absolute Gasteiger partial charge is 0.756 e. The minimum Gasteiger partial charge on any atom is -0.756 e. The maximum absolute atomic E-state index is 12.7. The maximum atomic E-state index is 12.7. The zero-order valence-electron chi connectivity index (χ0n) is 42.0. The Morgan fingerprint density at radius 1 is 0.508 bits per heavy atom. The van der Waals surface area contributed by atoms with E-state index in [1.54, 1.807) is 0 Å². The molecule has 0 aromatic heterocycles. The number of carbonyl (C=O) groups is 1. The standard InChI is InChI=1S/C54H102NO7P/c1-6-8-10-12-14-16-18-20-22-23-24-25-26-27-28-29-30-31-32-34-36-38-40-42-44-46-49-59-51-53(52-61-63(57,58)60-50-48-55(3,4)5)62-54(56)47-45-43-41-39-37-35-33-21-19-17-15-13-11-9-7-2/h9,11,15,17,21,33,37,39,53H,6-8,10,12-14,16,18-20,22-32,34-36,38,40-52H2,1-5H3/b11-9-,17-15-,33-21-,39-37-. The molecule has 0 spiro atoms. The highest BCUT2D eigenvalue weighted by molar-refractivity contribution is 7.45. The third kappa shape index (κ3) is 51.3. The second-order valence-corrected chi connectivity index (χ2v) is 20.3. The number of esters is 1. The molecule has 0 aliphatic rings. The van der Waals surface area contributed by atoms with E-state index in [9.17, 15) is 14.3 Å². The first-order valence-electron chi connectivity index (χ1n) is 26.4. The number of likely N-dealkylation sites (N-methyl/N-ethyl adjacent to an activating group) is 1. The van der Waals surface area contributed by atoms with Crippen molar-refractivity contribution in [3.63, 3.8) is 0 Å². The van der Waals surface area contributed by atoms with Crippen LogP contribution in [-0.4, -0.2) is 70.7 Å². The van der Waals surface area contributed by atoms with Gasteiger partial charge in [0.2, 0.25) is 0 Å². The summed E-state index contributed by atoms with van der Waals surface area (Å²) in [6.45, 7) is 5.27. The van der Waals surface area contributed by atoms with Crippen LogP contribution in [0.25, 0.3) is 0 Å². The molecule has 0 bridgehead atoms. The van der Waals surface area contributed by atoms with E-state index >= 15 is 0 Å². The molecule has 8 nitrogen and oxygen atoms in total. The van der Waals surface area contributed by atoms with Crippen molar-refractivity contribution < 1.29 is 37.3 Å². The van der Waals surface area contributed by atoms with Crippen LogP contribution in [0.1, 0.15) is 232 Å². The van der Waals surface area contributed by atoms with Gasteiger partial charge < -0.3 is 27.9 Å². The van der Waals surface area contributed by atoms with Crippen LogP contribution in [0.4, 0.5) is 0 Å².